The first-order valence-electron chi connectivity index (χ1n) is 7.58. The highest BCUT2D eigenvalue weighted by molar-refractivity contribution is 7.99. The average Bonchev–Trinajstić information content (AvgIpc) is 3.10. The maximum absolute atomic E-state index is 12.1. The minimum absolute atomic E-state index is 0.0548. The summed E-state index contributed by atoms with van der Waals surface area (Å²) in [4.78, 5) is 23.5. The number of nitrogens with zero attached hydrogens (tertiary/aromatic N) is 3. The Labute approximate surface area is 134 Å². The second-order valence-electron chi connectivity index (χ2n) is 5.77. The van der Waals surface area contributed by atoms with Crippen LogP contribution in [0.25, 0.3) is 0 Å². The van der Waals surface area contributed by atoms with Gasteiger partial charge in [0.05, 0.1) is 6.20 Å². The summed E-state index contributed by atoms with van der Waals surface area (Å²) in [6, 6.07) is 0.259. The number of nitrogens with one attached hydrogen (secondary N) is 2. The number of aromatic nitrogens is 4. The van der Waals surface area contributed by atoms with E-state index in [1.807, 2.05) is 38.1 Å². The van der Waals surface area contributed by atoms with Gasteiger partial charge < -0.3 is 14.9 Å². The van der Waals surface area contributed by atoms with E-state index in [-0.39, 0.29) is 11.9 Å². The van der Waals surface area contributed by atoms with Gasteiger partial charge in [0, 0.05) is 30.7 Å². The molecule has 0 spiro atoms. The van der Waals surface area contributed by atoms with Crippen LogP contribution in [-0.2, 0) is 7.05 Å². The number of hydrogen-bond donors (Lipinski definition) is 2. The van der Waals surface area contributed by atoms with Crippen LogP contribution in [0, 0.1) is 6.92 Å². The van der Waals surface area contributed by atoms with E-state index in [2.05, 4.69) is 24.8 Å². The van der Waals surface area contributed by atoms with Crippen LogP contribution in [0.2, 0.25) is 0 Å². The monoisotopic (exact) mass is 319 g/mol. The zero-order valence-electron chi connectivity index (χ0n) is 12.9. The Hall–Kier alpha value is -1.76. The summed E-state index contributed by atoms with van der Waals surface area (Å²) in [5.41, 5.74) is 0.544. The van der Waals surface area contributed by atoms with Crippen LogP contribution in [0.15, 0.2) is 23.7 Å². The lowest BCUT2D eigenvalue weighted by Gasteiger charge is -2.28. The van der Waals surface area contributed by atoms with Crippen molar-refractivity contribution in [2.75, 3.05) is 0 Å². The highest BCUT2D eigenvalue weighted by Gasteiger charge is 2.24. The van der Waals surface area contributed by atoms with Gasteiger partial charge in [0.25, 0.3) is 5.91 Å². The number of carbonyl (C=O) groups excluding carboxylic acids is 1. The molecule has 0 aromatic carbocycles. The molecule has 6 nitrogen and oxygen atoms in total. The Kier molecular flexibility index (Phi) is 4.52. The van der Waals surface area contributed by atoms with Crippen LogP contribution >= 0.6 is 11.8 Å². The molecule has 22 heavy (non-hydrogen) atoms. The molecule has 0 saturated heterocycles. The molecule has 2 aromatic heterocycles. The predicted octanol–water partition coefficient (Wildman–Crippen LogP) is 2.28. The zero-order valence-corrected chi connectivity index (χ0v) is 13.7. The molecule has 1 fully saturated rings. The van der Waals surface area contributed by atoms with Crippen LogP contribution in [0.3, 0.4) is 0 Å². The second kappa shape index (κ2) is 6.56. The first-order chi connectivity index (χ1) is 10.6. The molecule has 1 aliphatic carbocycles. The van der Waals surface area contributed by atoms with Crippen molar-refractivity contribution >= 4 is 17.7 Å². The number of rotatable bonds is 4. The van der Waals surface area contributed by atoms with Gasteiger partial charge >= 0.3 is 0 Å². The third-order valence-electron chi connectivity index (χ3n) is 4.01. The summed E-state index contributed by atoms with van der Waals surface area (Å²) in [5.74, 6) is 0.709. The molecule has 1 aliphatic rings. The zero-order chi connectivity index (χ0) is 15.5. The van der Waals surface area contributed by atoms with Gasteiger partial charge in [-0.2, -0.15) is 0 Å². The molecule has 1 saturated carbocycles. The number of carbonyl (C=O) groups is 1. The first kappa shape index (κ1) is 15.1. The summed E-state index contributed by atoms with van der Waals surface area (Å²) in [5, 5.41) is 4.76. The van der Waals surface area contributed by atoms with Gasteiger partial charge in [0.1, 0.15) is 11.5 Å². The summed E-state index contributed by atoms with van der Waals surface area (Å²) in [7, 11) is 2.02. The topological polar surface area (TPSA) is 75.6 Å². The lowest BCUT2D eigenvalue weighted by Crippen LogP contribution is -2.38. The number of H-pyrrole nitrogens is 1. The highest BCUT2D eigenvalue weighted by atomic mass is 32.2. The smallest absolute Gasteiger partial charge is 0.269 e. The molecule has 0 aliphatic heterocycles. The van der Waals surface area contributed by atoms with E-state index in [0.717, 1.165) is 36.7 Å². The van der Waals surface area contributed by atoms with Crippen molar-refractivity contribution in [2.24, 2.45) is 7.05 Å². The van der Waals surface area contributed by atoms with Gasteiger partial charge in [-0.1, -0.05) is 11.8 Å². The van der Waals surface area contributed by atoms with E-state index >= 15 is 0 Å². The molecule has 1 amide bonds. The number of amides is 1. The minimum Gasteiger partial charge on any atom is -0.348 e. The van der Waals surface area contributed by atoms with Crippen LogP contribution < -0.4 is 5.32 Å². The van der Waals surface area contributed by atoms with E-state index in [0.29, 0.717) is 10.9 Å². The predicted molar refractivity (Wildman–Crippen MR) is 85.9 cm³/mol. The standard InChI is InChI=1S/C15H21N5OS/c1-10-17-9-13(18-10)14(21)19-11-3-5-12(6-4-11)22-15-16-7-8-20(15)2/h7-9,11-12H,3-6H2,1-2H3,(H,17,18)(H,19,21). The van der Waals surface area contributed by atoms with E-state index in [1.165, 1.54) is 0 Å². The van der Waals surface area contributed by atoms with Crippen molar-refractivity contribution in [1.82, 2.24) is 24.8 Å². The van der Waals surface area contributed by atoms with Crippen molar-refractivity contribution in [3.8, 4) is 0 Å². The van der Waals surface area contributed by atoms with Crippen molar-refractivity contribution in [3.63, 3.8) is 0 Å². The fourth-order valence-electron chi connectivity index (χ4n) is 2.74. The van der Waals surface area contributed by atoms with Crippen molar-refractivity contribution < 1.29 is 4.79 Å². The largest absolute Gasteiger partial charge is 0.348 e. The van der Waals surface area contributed by atoms with Crippen molar-refractivity contribution in [3.05, 3.63) is 30.1 Å². The average molecular weight is 319 g/mol. The molecule has 3 rings (SSSR count). The first-order valence-corrected chi connectivity index (χ1v) is 8.46. The highest BCUT2D eigenvalue weighted by Crippen LogP contribution is 2.32. The normalized spacial score (nSPS) is 21.7. The number of imidazole rings is 2. The van der Waals surface area contributed by atoms with Crippen LogP contribution in [0.4, 0.5) is 0 Å². The lowest BCUT2D eigenvalue weighted by atomic mass is 9.95. The Morgan fingerprint density at radius 3 is 2.73 bits per heavy atom. The number of thioether (sulfide) groups is 1. The van der Waals surface area contributed by atoms with Gasteiger partial charge in [-0.3, -0.25) is 4.79 Å². The van der Waals surface area contributed by atoms with Gasteiger partial charge in [0.2, 0.25) is 0 Å². The second-order valence-corrected chi connectivity index (χ2v) is 7.04. The summed E-state index contributed by atoms with van der Waals surface area (Å²) < 4.78 is 2.05. The molecule has 118 valence electrons. The van der Waals surface area contributed by atoms with Gasteiger partial charge in [-0.15, -0.1) is 0 Å². The van der Waals surface area contributed by atoms with E-state index < -0.39 is 0 Å². The summed E-state index contributed by atoms with van der Waals surface area (Å²) >= 11 is 1.84. The van der Waals surface area contributed by atoms with Crippen LogP contribution in [-0.4, -0.2) is 36.7 Å². The minimum atomic E-state index is -0.0548. The quantitative estimate of drug-likeness (QED) is 0.906. The maximum Gasteiger partial charge on any atom is 0.269 e. The fourth-order valence-corrected chi connectivity index (χ4v) is 3.89. The molecule has 0 atom stereocenters. The third-order valence-corrected chi connectivity index (χ3v) is 5.41. The molecule has 7 heteroatoms. The Bertz CT molecular complexity index is 642. The molecule has 2 aromatic rings. The molecule has 0 bridgehead atoms. The SMILES string of the molecule is Cc1ncc(C(=O)NC2CCC(Sc3nccn3C)CC2)[nH]1. The molecular weight excluding hydrogens is 298 g/mol. The molecular formula is C15H21N5OS. The van der Waals surface area contributed by atoms with E-state index in [1.54, 1.807) is 6.20 Å². The number of aromatic amines is 1. The Morgan fingerprint density at radius 1 is 1.36 bits per heavy atom. The number of hydrogen-bond acceptors (Lipinski definition) is 4. The summed E-state index contributed by atoms with van der Waals surface area (Å²) in [6.07, 6.45) is 9.63. The fraction of sp³-hybridized carbons (Fsp3) is 0.533. The maximum atomic E-state index is 12.1. The lowest BCUT2D eigenvalue weighted by molar-refractivity contribution is 0.0923. The van der Waals surface area contributed by atoms with Gasteiger partial charge in [-0.25, -0.2) is 9.97 Å². The number of aryl methyl sites for hydroxylation is 2. The van der Waals surface area contributed by atoms with Crippen LogP contribution in [0.5, 0.6) is 0 Å². The van der Waals surface area contributed by atoms with Crippen molar-refractivity contribution in [2.45, 2.75) is 49.1 Å². The van der Waals surface area contributed by atoms with E-state index in [4.69, 9.17) is 0 Å². The third kappa shape index (κ3) is 3.52. The Balaban J connectivity index is 1.47. The molecule has 0 radical (unpaired) electrons. The molecule has 2 N–H and O–H groups in total. The van der Waals surface area contributed by atoms with E-state index in [9.17, 15) is 4.79 Å². The molecule has 2 heterocycles. The summed E-state index contributed by atoms with van der Waals surface area (Å²) in [6.45, 7) is 1.84. The van der Waals surface area contributed by atoms with Gasteiger partial charge in [0.15, 0.2) is 5.16 Å². The Morgan fingerprint density at radius 2 is 2.14 bits per heavy atom. The molecule has 0 unspecified atom stereocenters. The van der Waals surface area contributed by atoms with Crippen LogP contribution in [0.1, 0.15) is 42.0 Å². The van der Waals surface area contributed by atoms with Gasteiger partial charge in [-0.05, 0) is 32.6 Å². The van der Waals surface area contributed by atoms with Crippen molar-refractivity contribution in [1.29, 1.82) is 0 Å².